The zero-order valence-electron chi connectivity index (χ0n) is 11.7. The van der Waals surface area contributed by atoms with Crippen molar-refractivity contribution in [1.82, 2.24) is 5.32 Å². The summed E-state index contributed by atoms with van der Waals surface area (Å²) in [6.07, 6.45) is 0. The van der Waals surface area contributed by atoms with Crippen LogP contribution in [0.3, 0.4) is 0 Å². The Labute approximate surface area is 118 Å². The minimum absolute atomic E-state index is 0.0254. The molecule has 0 amide bonds. The van der Waals surface area contributed by atoms with Crippen LogP contribution >= 0.6 is 0 Å². The second kappa shape index (κ2) is 6.62. The Kier molecular flexibility index (Phi) is 4.85. The Balaban J connectivity index is 2.41. The summed E-state index contributed by atoms with van der Waals surface area (Å²) in [6, 6.07) is 13.4. The molecule has 0 radical (unpaired) electrons. The number of halogens is 2. The highest BCUT2D eigenvalue weighted by Crippen LogP contribution is 2.33. The average molecular weight is 275 g/mol. The highest BCUT2D eigenvalue weighted by molar-refractivity contribution is 5.29. The first-order valence-electron chi connectivity index (χ1n) is 6.87. The third kappa shape index (κ3) is 3.05. The van der Waals surface area contributed by atoms with Crippen molar-refractivity contribution >= 4 is 0 Å². The zero-order valence-corrected chi connectivity index (χ0v) is 11.7. The molecule has 0 saturated carbocycles. The first-order valence-corrected chi connectivity index (χ1v) is 6.87. The lowest BCUT2D eigenvalue weighted by Gasteiger charge is -2.26. The van der Waals surface area contributed by atoms with Gasteiger partial charge in [0.15, 0.2) is 0 Å². The highest BCUT2D eigenvalue weighted by Gasteiger charge is 2.25. The molecule has 2 atom stereocenters. The van der Waals surface area contributed by atoms with E-state index in [0.717, 1.165) is 5.56 Å². The number of hydrogen-bond donors (Lipinski definition) is 1. The monoisotopic (exact) mass is 275 g/mol. The first kappa shape index (κ1) is 14.7. The van der Waals surface area contributed by atoms with Crippen LogP contribution in [0.1, 0.15) is 36.9 Å². The summed E-state index contributed by atoms with van der Waals surface area (Å²) in [4.78, 5) is 0. The Morgan fingerprint density at radius 2 is 1.55 bits per heavy atom. The third-order valence-corrected chi connectivity index (χ3v) is 3.56. The van der Waals surface area contributed by atoms with Crippen LogP contribution in [-0.4, -0.2) is 6.54 Å². The van der Waals surface area contributed by atoms with Gasteiger partial charge in [0.25, 0.3) is 0 Å². The molecule has 3 heteroatoms. The Morgan fingerprint density at radius 1 is 0.950 bits per heavy atom. The number of likely N-dealkylation sites (N-methyl/N-ethyl adjacent to an activating group) is 1. The van der Waals surface area contributed by atoms with Crippen molar-refractivity contribution in [3.8, 4) is 0 Å². The standard InChI is InChI=1S/C17H19F2N/c1-3-20-17(12(2)13-8-5-4-6-9-13)16-14(18)10-7-11-15(16)19/h4-12,17,20H,3H2,1-2H3. The summed E-state index contributed by atoms with van der Waals surface area (Å²) in [7, 11) is 0. The largest absolute Gasteiger partial charge is 0.310 e. The quantitative estimate of drug-likeness (QED) is 0.851. The molecule has 0 saturated heterocycles. The average Bonchev–Trinajstić information content (AvgIpc) is 2.46. The molecule has 0 heterocycles. The molecule has 1 N–H and O–H groups in total. The maximum Gasteiger partial charge on any atom is 0.130 e. The van der Waals surface area contributed by atoms with Gasteiger partial charge in [-0.2, -0.15) is 0 Å². The van der Waals surface area contributed by atoms with Gasteiger partial charge in [0.2, 0.25) is 0 Å². The summed E-state index contributed by atoms with van der Waals surface area (Å²) in [5, 5.41) is 3.20. The molecular weight excluding hydrogens is 256 g/mol. The number of nitrogens with one attached hydrogen (secondary N) is 1. The van der Waals surface area contributed by atoms with Gasteiger partial charge in [-0.25, -0.2) is 8.78 Å². The van der Waals surface area contributed by atoms with E-state index < -0.39 is 11.6 Å². The lowest BCUT2D eigenvalue weighted by atomic mass is 9.88. The van der Waals surface area contributed by atoms with E-state index in [9.17, 15) is 8.78 Å². The van der Waals surface area contributed by atoms with Gasteiger partial charge in [-0.3, -0.25) is 0 Å². The Bertz CT molecular complexity index is 534. The molecule has 2 unspecified atom stereocenters. The van der Waals surface area contributed by atoms with Crippen molar-refractivity contribution in [2.75, 3.05) is 6.54 Å². The zero-order chi connectivity index (χ0) is 14.5. The van der Waals surface area contributed by atoms with Crippen molar-refractivity contribution in [3.05, 3.63) is 71.3 Å². The van der Waals surface area contributed by atoms with Gasteiger partial charge < -0.3 is 5.32 Å². The Hall–Kier alpha value is -1.74. The van der Waals surface area contributed by atoms with Gasteiger partial charge in [0.05, 0.1) is 0 Å². The van der Waals surface area contributed by atoms with Crippen LogP contribution in [0.15, 0.2) is 48.5 Å². The van der Waals surface area contributed by atoms with Gasteiger partial charge in [-0.05, 0) is 24.2 Å². The molecular formula is C17H19F2N. The van der Waals surface area contributed by atoms with Gasteiger partial charge in [0, 0.05) is 17.5 Å². The minimum Gasteiger partial charge on any atom is -0.310 e. The summed E-state index contributed by atoms with van der Waals surface area (Å²) < 4.78 is 28.0. The molecule has 2 aromatic rings. The van der Waals surface area contributed by atoms with Crippen LogP contribution in [-0.2, 0) is 0 Å². The summed E-state index contributed by atoms with van der Waals surface area (Å²) in [6.45, 7) is 4.56. The predicted molar refractivity (Wildman–Crippen MR) is 77.6 cm³/mol. The lowest BCUT2D eigenvalue weighted by molar-refractivity contribution is 0.430. The van der Waals surface area contributed by atoms with Crippen molar-refractivity contribution in [1.29, 1.82) is 0 Å². The highest BCUT2D eigenvalue weighted by atomic mass is 19.1. The van der Waals surface area contributed by atoms with Crippen molar-refractivity contribution in [3.63, 3.8) is 0 Å². The summed E-state index contributed by atoms with van der Waals surface area (Å²) >= 11 is 0. The molecule has 0 aliphatic heterocycles. The summed E-state index contributed by atoms with van der Waals surface area (Å²) in [5.41, 5.74) is 1.17. The fourth-order valence-electron chi connectivity index (χ4n) is 2.51. The van der Waals surface area contributed by atoms with Crippen molar-refractivity contribution in [2.45, 2.75) is 25.8 Å². The molecule has 106 valence electrons. The van der Waals surface area contributed by atoms with E-state index in [0.29, 0.717) is 6.54 Å². The summed E-state index contributed by atoms with van der Waals surface area (Å²) in [5.74, 6) is -1.03. The second-order valence-corrected chi connectivity index (χ2v) is 4.87. The van der Waals surface area contributed by atoms with E-state index in [1.54, 1.807) is 0 Å². The minimum atomic E-state index is -0.501. The van der Waals surface area contributed by atoms with Crippen molar-refractivity contribution in [2.24, 2.45) is 0 Å². The number of rotatable bonds is 5. The van der Waals surface area contributed by atoms with Gasteiger partial charge in [-0.15, -0.1) is 0 Å². The number of benzene rings is 2. The van der Waals surface area contributed by atoms with Crippen LogP contribution in [0.2, 0.25) is 0 Å². The van der Waals surface area contributed by atoms with E-state index in [1.165, 1.54) is 18.2 Å². The Morgan fingerprint density at radius 3 is 2.10 bits per heavy atom. The van der Waals surface area contributed by atoms with Crippen LogP contribution in [0, 0.1) is 11.6 Å². The van der Waals surface area contributed by atoms with Crippen LogP contribution in [0.4, 0.5) is 8.78 Å². The van der Waals surface area contributed by atoms with E-state index in [-0.39, 0.29) is 17.5 Å². The normalized spacial score (nSPS) is 14.0. The molecule has 2 rings (SSSR count). The van der Waals surface area contributed by atoms with Crippen molar-refractivity contribution < 1.29 is 8.78 Å². The van der Waals surface area contributed by atoms with Crippen LogP contribution in [0.25, 0.3) is 0 Å². The van der Waals surface area contributed by atoms with Crippen LogP contribution < -0.4 is 5.32 Å². The topological polar surface area (TPSA) is 12.0 Å². The maximum absolute atomic E-state index is 14.0. The van der Waals surface area contributed by atoms with E-state index in [1.807, 2.05) is 44.2 Å². The SMILES string of the molecule is CCNC(c1c(F)cccc1F)C(C)c1ccccc1. The molecule has 20 heavy (non-hydrogen) atoms. The molecule has 0 aliphatic rings. The predicted octanol–water partition coefficient (Wildman–Crippen LogP) is 4.42. The molecule has 0 aliphatic carbocycles. The molecule has 0 bridgehead atoms. The van der Waals surface area contributed by atoms with Gasteiger partial charge >= 0.3 is 0 Å². The smallest absolute Gasteiger partial charge is 0.130 e. The van der Waals surface area contributed by atoms with E-state index in [2.05, 4.69) is 5.32 Å². The van der Waals surface area contributed by atoms with E-state index >= 15 is 0 Å². The fraction of sp³-hybridized carbons (Fsp3) is 0.294. The van der Waals surface area contributed by atoms with Crippen LogP contribution in [0.5, 0.6) is 0 Å². The van der Waals surface area contributed by atoms with Gasteiger partial charge in [0.1, 0.15) is 11.6 Å². The second-order valence-electron chi connectivity index (χ2n) is 4.87. The number of hydrogen-bond acceptors (Lipinski definition) is 1. The fourth-order valence-corrected chi connectivity index (χ4v) is 2.51. The molecule has 0 spiro atoms. The molecule has 0 fully saturated rings. The molecule has 0 aromatic heterocycles. The van der Waals surface area contributed by atoms with E-state index in [4.69, 9.17) is 0 Å². The first-order chi connectivity index (χ1) is 9.65. The van der Waals surface area contributed by atoms with Gasteiger partial charge in [-0.1, -0.05) is 50.2 Å². The lowest BCUT2D eigenvalue weighted by Crippen LogP contribution is -2.27. The maximum atomic E-state index is 14.0. The molecule has 2 aromatic carbocycles. The third-order valence-electron chi connectivity index (χ3n) is 3.56. The molecule has 1 nitrogen and oxygen atoms in total.